The highest BCUT2D eigenvalue weighted by Gasteiger charge is 2.18. The minimum atomic E-state index is -3.69. The molecule has 0 amide bonds. The molecule has 8 heteroatoms. The first-order chi connectivity index (χ1) is 8.12. The molecule has 0 bridgehead atoms. The van der Waals surface area contributed by atoms with Crippen molar-refractivity contribution in [3.63, 3.8) is 0 Å². The molecule has 2 N–H and O–H groups in total. The Hall–Kier alpha value is -1.22. The molecule has 0 saturated heterocycles. The van der Waals surface area contributed by atoms with E-state index in [9.17, 15) is 8.42 Å². The van der Waals surface area contributed by atoms with Crippen LogP contribution in [0, 0.1) is 0 Å². The Morgan fingerprint density at radius 3 is 2.88 bits per heavy atom. The van der Waals surface area contributed by atoms with Crippen molar-refractivity contribution in [2.75, 3.05) is 0 Å². The molecule has 17 heavy (non-hydrogen) atoms. The van der Waals surface area contributed by atoms with Crippen LogP contribution < -0.4 is 4.72 Å². The molecule has 2 aromatic rings. The Kier molecular flexibility index (Phi) is 3.57. The fraction of sp³-hybridized carbons (Fsp3) is 0.222. The van der Waals surface area contributed by atoms with Gasteiger partial charge in [-0.2, -0.15) is 0 Å². The maximum Gasteiger partial charge on any atom is 0.274 e. The molecule has 92 valence electrons. The van der Waals surface area contributed by atoms with Crippen molar-refractivity contribution in [3.05, 3.63) is 34.5 Å². The van der Waals surface area contributed by atoms with Crippen LogP contribution in [0.4, 0.5) is 0 Å². The van der Waals surface area contributed by atoms with Gasteiger partial charge in [-0.25, -0.2) is 18.1 Å². The second-order valence-electron chi connectivity index (χ2n) is 3.13. The van der Waals surface area contributed by atoms with E-state index in [1.807, 2.05) is 0 Å². The van der Waals surface area contributed by atoms with Gasteiger partial charge in [0, 0.05) is 11.6 Å². The van der Waals surface area contributed by atoms with E-state index in [2.05, 4.69) is 9.71 Å². The van der Waals surface area contributed by atoms with Crippen LogP contribution in [0.3, 0.4) is 0 Å². The number of nitrogens with one attached hydrogen (secondary N) is 1. The van der Waals surface area contributed by atoms with Crippen LogP contribution in [0.1, 0.15) is 10.8 Å². The number of nitrogens with zero attached hydrogens (tertiary/aromatic N) is 1. The van der Waals surface area contributed by atoms with Crippen molar-refractivity contribution in [2.24, 2.45) is 0 Å². The molecule has 0 spiro atoms. The van der Waals surface area contributed by atoms with Gasteiger partial charge in [-0.05, 0) is 12.1 Å². The molecule has 6 nitrogen and oxygen atoms in total. The highest BCUT2D eigenvalue weighted by atomic mass is 32.2. The normalized spacial score (nSPS) is 11.8. The zero-order valence-corrected chi connectivity index (χ0v) is 10.3. The van der Waals surface area contributed by atoms with Gasteiger partial charge in [0.25, 0.3) is 10.0 Å². The summed E-state index contributed by atoms with van der Waals surface area (Å²) in [5.74, 6) is 0.208. The summed E-state index contributed by atoms with van der Waals surface area (Å²) in [4.78, 5) is 3.96. The molecule has 0 aliphatic heterocycles. The Balaban J connectivity index is 2.08. The number of rotatable bonds is 5. The van der Waals surface area contributed by atoms with Crippen molar-refractivity contribution in [1.29, 1.82) is 0 Å². The van der Waals surface area contributed by atoms with Crippen molar-refractivity contribution >= 4 is 21.4 Å². The summed E-state index contributed by atoms with van der Waals surface area (Å²) in [5, 5.41) is 11.0. The average Bonchev–Trinajstić information content (AvgIpc) is 2.98. The quantitative estimate of drug-likeness (QED) is 0.837. The number of aliphatic hydroxyl groups is 1. The molecule has 0 radical (unpaired) electrons. The zero-order chi connectivity index (χ0) is 12.3. The van der Waals surface area contributed by atoms with Crippen LogP contribution in [0.25, 0.3) is 0 Å². The van der Waals surface area contributed by atoms with Gasteiger partial charge in [0.05, 0.1) is 6.54 Å². The van der Waals surface area contributed by atoms with Gasteiger partial charge in [-0.15, -0.1) is 11.3 Å². The zero-order valence-electron chi connectivity index (χ0n) is 8.66. The maximum absolute atomic E-state index is 11.7. The van der Waals surface area contributed by atoms with E-state index < -0.39 is 10.0 Å². The summed E-state index contributed by atoms with van der Waals surface area (Å²) >= 11 is 1.36. The van der Waals surface area contributed by atoms with Gasteiger partial charge in [-0.3, -0.25) is 0 Å². The molecule has 2 rings (SSSR count). The minimum Gasteiger partial charge on any atom is -0.446 e. The molecule has 0 aromatic carbocycles. The fourth-order valence-corrected chi connectivity index (χ4v) is 2.74. The van der Waals surface area contributed by atoms with Gasteiger partial charge >= 0.3 is 0 Å². The van der Waals surface area contributed by atoms with Crippen LogP contribution >= 0.6 is 11.3 Å². The molecule has 0 unspecified atom stereocenters. The van der Waals surface area contributed by atoms with Gasteiger partial charge in [0.2, 0.25) is 5.09 Å². The average molecular weight is 274 g/mol. The van der Waals surface area contributed by atoms with Crippen LogP contribution in [0.2, 0.25) is 0 Å². The molecule has 0 aliphatic carbocycles. The first kappa shape index (κ1) is 12.2. The van der Waals surface area contributed by atoms with Gasteiger partial charge < -0.3 is 9.52 Å². The largest absolute Gasteiger partial charge is 0.446 e. The third-order valence-corrected chi connectivity index (χ3v) is 4.01. The lowest BCUT2D eigenvalue weighted by molar-refractivity contribution is 0.236. The standard InChI is InChI=1S/C9H10N2O4S2/c12-6-7-1-2-9(15-7)17(13,14)11-5-8-10-3-4-16-8/h1-4,11-12H,5-6H2. The summed E-state index contributed by atoms with van der Waals surface area (Å²) in [6.45, 7) is -0.211. The monoisotopic (exact) mass is 274 g/mol. The second kappa shape index (κ2) is 4.96. The van der Waals surface area contributed by atoms with E-state index in [0.29, 0.717) is 5.01 Å². The Morgan fingerprint density at radius 2 is 2.29 bits per heavy atom. The van der Waals surface area contributed by atoms with Crippen LogP contribution in [-0.4, -0.2) is 18.5 Å². The van der Waals surface area contributed by atoms with Crippen LogP contribution in [0.5, 0.6) is 0 Å². The van der Waals surface area contributed by atoms with E-state index in [1.54, 1.807) is 11.6 Å². The summed E-state index contributed by atoms with van der Waals surface area (Å²) in [6.07, 6.45) is 1.60. The fourth-order valence-electron chi connectivity index (χ4n) is 1.16. The van der Waals surface area contributed by atoms with Gasteiger partial charge in [0.15, 0.2) is 0 Å². The summed E-state index contributed by atoms with van der Waals surface area (Å²) in [5.41, 5.74) is 0. The first-order valence-corrected chi connectivity index (χ1v) is 7.06. The number of sulfonamides is 1. The lowest BCUT2D eigenvalue weighted by atomic mass is 10.5. The Labute approximate surface area is 102 Å². The number of aromatic nitrogens is 1. The highest BCUT2D eigenvalue weighted by Crippen LogP contribution is 2.14. The van der Waals surface area contributed by atoms with Gasteiger partial charge in [0.1, 0.15) is 17.4 Å². The number of hydrogen-bond acceptors (Lipinski definition) is 6. The lowest BCUT2D eigenvalue weighted by Gasteiger charge is -2.01. The van der Waals surface area contributed by atoms with Gasteiger partial charge in [-0.1, -0.05) is 0 Å². The summed E-state index contributed by atoms with van der Waals surface area (Å²) < 4.78 is 30.8. The predicted octanol–water partition coefficient (Wildman–Crippen LogP) is 0.707. The van der Waals surface area contributed by atoms with E-state index in [1.165, 1.54) is 23.5 Å². The van der Waals surface area contributed by atoms with Crippen molar-refractivity contribution < 1.29 is 17.9 Å². The number of furan rings is 1. The van der Waals surface area contributed by atoms with E-state index in [4.69, 9.17) is 9.52 Å². The number of aliphatic hydroxyl groups excluding tert-OH is 1. The third kappa shape index (κ3) is 2.91. The molecular formula is C9H10N2O4S2. The smallest absolute Gasteiger partial charge is 0.274 e. The summed E-state index contributed by atoms with van der Waals surface area (Å²) in [7, 11) is -3.69. The van der Waals surface area contributed by atoms with Crippen LogP contribution in [-0.2, 0) is 23.2 Å². The Morgan fingerprint density at radius 1 is 1.47 bits per heavy atom. The molecule has 0 aliphatic rings. The second-order valence-corrected chi connectivity index (χ2v) is 5.81. The molecular weight excluding hydrogens is 264 g/mol. The molecule has 0 saturated carbocycles. The first-order valence-electron chi connectivity index (χ1n) is 4.69. The molecule has 0 fully saturated rings. The number of hydrogen-bond donors (Lipinski definition) is 2. The Bertz CT molecular complexity index is 574. The third-order valence-electron chi connectivity index (χ3n) is 1.95. The maximum atomic E-state index is 11.7. The number of thiazole rings is 1. The van der Waals surface area contributed by atoms with Crippen molar-refractivity contribution in [1.82, 2.24) is 9.71 Å². The molecule has 2 aromatic heterocycles. The molecule has 2 heterocycles. The topological polar surface area (TPSA) is 92.4 Å². The summed E-state index contributed by atoms with van der Waals surface area (Å²) in [6, 6.07) is 2.72. The SMILES string of the molecule is O=S(=O)(NCc1nccs1)c1ccc(CO)o1. The van der Waals surface area contributed by atoms with Crippen LogP contribution in [0.15, 0.2) is 33.2 Å². The van der Waals surface area contributed by atoms with E-state index in [0.717, 1.165) is 0 Å². The lowest BCUT2D eigenvalue weighted by Crippen LogP contribution is -2.22. The molecule has 0 atom stereocenters. The van der Waals surface area contributed by atoms with Crippen molar-refractivity contribution in [3.8, 4) is 0 Å². The minimum absolute atomic E-state index is 0.120. The van der Waals surface area contributed by atoms with E-state index >= 15 is 0 Å². The van der Waals surface area contributed by atoms with Crippen molar-refractivity contribution in [2.45, 2.75) is 18.2 Å². The predicted molar refractivity (Wildman–Crippen MR) is 60.8 cm³/mol. The highest BCUT2D eigenvalue weighted by molar-refractivity contribution is 7.89. The van der Waals surface area contributed by atoms with E-state index in [-0.39, 0.29) is 24.0 Å².